The molecule has 3 rings (SSSR count). The smallest absolute Gasteiger partial charge is 0.269 e. The van der Waals surface area contributed by atoms with E-state index in [1.54, 1.807) is 7.05 Å². The summed E-state index contributed by atoms with van der Waals surface area (Å²) in [4.78, 5) is 23.3. The van der Waals surface area contributed by atoms with Crippen molar-refractivity contribution in [1.29, 1.82) is 0 Å². The van der Waals surface area contributed by atoms with Crippen molar-refractivity contribution in [3.8, 4) is 0 Å². The van der Waals surface area contributed by atoms with Crippen LogP contribution < -0.4 is 16.6 Å². The van der Waals surface area contributed by atoms with Crippen LogP contribution in [-0.2, 0) is 7.05 Å². The van der Waals surface area contributed by atoms with Gasteiger partial charge in [-0.2, -0.15) is 0 Å². The van der Waals surface area contributed by atoms with Gasteiger partial charge in [-0.05, 0) is 19.3 Å². The van der Waals surface area contributed by atoms with Crippen molar-refractivity contribution < 1.29 is 4.79 Å². The number of nitrogens with one attached hydrogen (secondary N) is 2. The molecule has 1 aromatic rings. The van der Waals surface area contributed by atoms with Gasteiger partial charge in [-0.15, -0.1) is 0 Å². The van der Waals surface area contributed by atoms with Crippen molar-refractivity contribution in [2.45, 2.75) is 37.8 Å². The number of hydrogen-bond acceptors (Lipinski definition) is 3. The fourth-order valence-corrected chi connectivity index (χ4v) is 3.17. The summed E-state index contributed by atoms with van der Waals surface area (Å²) in [7, 11) is 1.59. The molecule has 2 saturated carbocycles. The summed E-state index contributed by atoms with van der Waals surface area (Å²) < 4.78 is 1.29. The highest BCUT2D eigenvalue weighted by Crippen LogP contribution is 2.55. The summed E-state index contributed by atoms with van der Waals surface area (Å²) in [5.41, 5.74) is 6.28. The Morgan fingerprint density at radius 2 is 2.33 bits per heavy atom. The maximum Gasteiger partial charge on any atom is 0.269 e. The van der Waals surface area contributed by atoms with Gasteiger partial charge in [0.1, 0.15) is 5.69 Å². The second-order valence-corrected chi connectivity index (χ2v) is 5.52. The number of hydrogen-bond donors (Lipinski definition) is 3. The van der Waals surface area contributed by atoms with E-state index in [0.29, 0.717) is 5.69 Å². The Morgan fingerprint density at radius 1 is 1.61 bits per heavy atom. The van der Waals surface area contributed by atoms with Gasteiger partial charge in [0.25, 0.3) is 11.5 Å². The normalized spacial score (nSPS) is 28.6. The third-order valence-electron chi connectivity index (χ3n) is 4.64. The van der Waals surface area contributed by atoms with E-state index in [1.165, 1.54) is 17.2 Å². The molecule has 2 fully saturated rings. The third-order valence-corrected chi connectivity index (χ3v) is 4.64. The molecule has 4 N–H and O–H groups in total. The average Bonchev–Trinajstić information content (AvgIpc) is 2.56. The number of nitrogens with two attached hydrogens (primary N) is 1. The molecule has 1 aromatic heterocycles. The number of carbonyl (C=O) groups excluding carboxylic acids is 1. The first kappa shape index (κ1) is 11.5. The molecule has 0 aromatic carbocycles. The maximum absolute atomic E-state index is 12.0. The van der Waals surface area contributed by atoms with E-state index in [1.807, 2.05) is 0 Å². The summed E-state index contributed by atoms with van der Waals surface area (Å²) in [5.74, 6) is -0.212. The van der Waals surface area contributed by atoms with Crippen molar-refractivity contribution in [3.05, 3.63) is 22.1 Å². The van der Waals surface area contributed by atoms with E-state index in [-0.39, 0.29) is 29.0 Å². The van der Waals surface area contributed by atoms with Gasteiger partial charge in [0.15, 0.2) is 0 Å². The molecule has 0 bridgehead atoms. The van der Waals surface area contributed by atoms with E-state index >= 15 is 0 Å². The molecule has 2 aliphatic carbocycles. The highest BCUT2D eigenvalue weighted by Gasteiger charge is 2.57. The van der Waals surface area contributed by atoms with Crippen LogP contribution in [0.4, 0.5) is 0 Å². The van der Waals surface area contributed by atoms with Crippen molar-refractivity contribution in [3.63, 3.8) is 0 Å². The largest absolute Gasteiger partial charge is 0.347 e. The van der Waals surface area contributed by atoms with Gasteiger partial charge >= 0.3 is 0 Å². The van der Waals surface area contributed by atoms with Crippen LogP contribution in [0.1, 0.15) is 36.2 Å². The first-order chi connectivity index (χ1) is 8.53. The Labute approximate surface area is 105 Å². The summed E-state index contributed by atoms with van der Waals surface area (Å²) >= 11 is 0. The molecule has 0 radical (unpaired) electrons. The molecule has 2 aliphatic rings. The van der Waals surface area contributed by atoms with Crippen LogP contribution in [0.15, 0.2) is 10.9 Å². The van der Waals surface area contributed by atoms with Gasteiger partial charge in [0.2, 0.25) is 0 Å². The van der Waals surface area contributed by atoms with E-state index < -0.39 is 0 Å². The van der Waals surface area contributed by atoms with Crippen molar-refractivity contribution >= 4 is 5.91 Å². The van der Waals surface area contributed by atoms with Gasteiger partial charge in [0, 0.05) is 30.6 Å². The molecule has 1 heterocycles. The second kappa shape index (κ2) is 3.71. The van der Waals surface area contributed by atoms with Gasteiger partial charge in [-0.25, -0.2) is 0 Å². The first-order valence-electron chi connectivity index (χ1n) is 6.35. The number of nitrogens with zero attached hydrogens (tertiary/aromatic N) is 1. The van der Waals surface area contributed by atoms with E-state index in [0.717, 1.165) is 19.3 Å². The van der Waals surface area contributed by atoms with Crippen LogP contribution in [0.2, 0.25) is 0 Å². The quantitative estimate of drug-likeness (QED) is 0.673. The van der Waals surface area contributed by atoms with Crippen LogP contribution >= 0.6 is 0 Å². The van der Waals surface area contributed by atoms with Gasteiger partial charge in [0.05, 0.1) is 0 Å². The number of aromatic amines is 1. The molecule has 1 amide bonds. The summed E-state index contributed by atoms with van der Waals surface area (Å²) in [6.07, 6.45) is 4.24. The fourth-order valence-electron chi connectivity index (χ4n) is 3.17. The lowest BCUT2D eigenvalue weighted by Gasteiger charge is -2.60. The molecule has 0 saturated heterocycles. The molecule has 1 spiro atoms. The van der Waals surface area contributed by atoms with Crippen LogP contribution in [0.25, 0.3) is 0 Å². The molecule has 6 nitrogen and oxygen atoms in total. The van der Waals surface area contributed by atoms with Crippen molar-refractivity contribution in [1.82, 2.24) is 15.1 Å². The van der Waals surface area contributed by atoms with Crippen molar-refractivity contribution in [2.75, 3.05) is 0 Å². The van der Waals surface area contributed by atoms with E-state index in [2.05, 4.69) is 10.4 Å². The minimum atomic E-state index is -0.212. The van der Waals surface area contributed by atoms with E-state index in [4.69, 9.17) is 5.73 Å². The number of H-pyrrole nitrogens is 1. The van der Waals surface area contributed by atoms with Crippen LogP contribution in [0.5, 0.6) is 0 Å². The molecule has 2 unspecified atom stereocenters. The average molecular weight is 250 g/mol. The Hall–Kier alpha value is -1.56. The first-order valence-corrected chi connectivity index (χ1v) is 6.35. The lowest BCUT2D eigenvalue weighted by molar-refractivity contribution is -0.0390. The highest BCUT2D eigenvalue weighted by molar-refractivity contribution is 5.92. The monoisotopic (exact) mass is 250 g/mol. The van der Waals surface area contributed by atoms with Crippen LogP contribution in [0, 0.1) is 5.41 Å². The van der Waals surface area contributed by atoms with Gasteiger partial charge in [-0.1, -0.05) is 6.42 Å². The zero-order valence-electron chi connectivity index (χ0n) is 10.4. The highest BCUT2D eigenvalue weighted by atomic mass is 16.2. The summed E-state index contributed by atoms with van der Waals surface area (Å²) in [6, 6.07) is 1.70. The predicted molar refractivity (Wildman–Crippen MR) is 66.2 cm³/mol. The molecule has 0 aliphatic heterocycles. The molecule has 6 heteroatoms. The maximum atomic E-state index is 12.0. The third kappa shape index (κ3) is 1.45. The Balaban J connectivity index is 1.70. The zero-order chi connectivity index (χ0) is 12.9. The lowest BCUT2D eigenvalue weighted by atomic mass is 9.50. The SMILES string of the molecule is Cn1[nH]c(C(=O)NC2CC(N)C23CCC3)cc1=O. The van der Waals surface area contributed by atoms with Crippen LogP contribution in [0.3, 0.4) is 0 Å². The Bertz CT molecular complexity index is 541. The summed E-state index contributed by atoms with van der Waals surface area (Å²) in [6.45, 7) is 0. The zero-order valence-corrected chi connectivity index (χ0v) is 10.4. The molecule has 18 heavy (non-hydrogen) atoms. The standard InChI is InChI=1S/C12H18N4O2/c1-16-10(17)5-7(15-16)11(18)14-9-6-8(13)12(9)3-2-4-12/h5,8-9,15H,2-4,6,13H2,1H3,(H,14,18). The number of aryl methyl sites for hydroxylation is 1. The molecular weight excluding hydrogens is 232 g/mol. The van der Waals surface area contributed by atoms with Crippen LogP contribution in [-0.4, -0.2) is 27.8 Å². The number of aromatic nitrogens is 2. The number of rotatable bonds is 2. The molecule has 2 atom stereocenters. The number of amides is 1. The van der Waals surface area contributed by atoms with Gasteiger partial charge < -0.3 is 11.1 Å². The number of carbonyl (C=O) groups is 1. The molecule has 98 valence electrons. The van der Waals surface area contributed by atoms with Gasteiger partial charge in [-0.3, -0.25) is 19.4 Å². The Kier molecular flexibility index (Phi) is 2.38. The lowest BCUT2D eigenvalue weighted by Crippen LogP contribution is -2.69. The topological polar surface area (TPSA) is 92.9 Å². The summed E-state index contributed by atoms with van der Waals surface area (Å²) in [5, 5.41) is 5.73. The predicted octanol–water partition coefficient (Wildman–Crippen LogP) is -0.287. The molecular formula is C12H18N4O2. The van der Waals surface area contributed by atoms with Crippen molar-refractivity contribution in [2.24, 2.45) is 18.2 Å². The minimum Gasteiger partial charge on any atom is -0.347 e. The van der Waals surface area contributed by atoms with E-state index in [9.17, 15) is 9.59 Å². The minimum absolute atomic E-state index is 0.130. The second-order valence-electron chi connectivity index (χ2n) is 5.52. The fraction of sp³-hybridized carbons (Fsp3) is 0.667. The Morgan fingerprint density at radius 3 is 2.78 bits per heavy atom.